The maximum absolute atomic E-state index is 13.0. The number of aryl methyl sites for hydroxylation is 2. The molecule has 0 bridgehead atoms. The summed E-state index contributed by atoms with van der Waals surface area (Å²) in [6.07, 6.45) is 1.15. The topological polar surface area (TPSA) is 103 Å². The van der Waals surface area contributed by atoms with Crippen molar-refractivity contribution in [2.75, 3.05) is 35.8 Å². The van der Waals surface area contributed by atoms with E-state index in [1.54, 1.807) is 36.4 Å². The Hall–Kier alpha value is -3.17. The number of nitrogens with one attached hydrogen (secondary N) is 1. The Balaban J connectivity index is 1.59. The zero-order valence-corrected chi connectivity index (χ0v) is 23.0. The molecule has 0 amide bonds. The average molecular weight is 525 g/mol. The number of fused-ring (bicyclic) bond motifs is 1. The highest BCUT2D eigenvalue weighted by Crippen LogP contribution is 2.28. The largest absolute Gasteiger partial charge is 0.478 e. The van der Waals surface area contributed by atoms with Crippen LogP contribution >= 0.6 is 0 Å². The summed E-state index contributed by atoms with van der Waals surface area (Å²) in [5.41, 5.74) is 2.59. The van der Waals surface area contributed by atoms with Crippen molar-refractivity contribution in [3.8, 4) is 0 Å². The number of benzene rings is 2. The van der Waals surface area contributed by atoms with Gasteiger partial charge in [0.25, 0.3) is 10.0 Å². The van der Waals surface area contributed by atoms with Crippen LogP contribution in [0.15, 0.2) is 47.4 Å². The van der Waals surface area contributed by atoms with Crippen molar-refractivity contribution in [2.45, 2.75) is 52.0 Å². The van der Waals surface area contributed by atoms with E-state index < -0.39 is 16.0 Å². The quantitative estimate of drug-likeness (QED) is 0.432. The van der Waals surface area contributed by atoms with Gasteiger partial charge in [0.2, 0.25) is 0 Å². The first kappa shape index (κ1) is 26.9. The third kappa shape index (κ3) is 6.22. The van der Waals surface area contributed by atoms with Gasteiger partial charge in [-0.25, -0.2) is 18.2 Å². The number of pyridine rings is 1. The van der Waals surface area contributed by atoms with Crippen LogP contribution in [0.3, 0.4) is 0 Å². The van der Waals surface area contributed by atoms with Crippen molar-refractivity contribution in [1.82, 2.24) is 9.88 Å². The zero-order valence-electron chi connectivity index (χ0n) is 22.2. The van der Waals surface area contributed by atoms with E-state index in [4.69, 9.17) is 4.98 Å². The van der Waals surface area contributed by atoms with Crippen LogP contribution in [0.25, 0.3) is 10.9 Å². The molecule has 4 rings (SSSR count). The van der Waals surface area contributed by atoms with Crippen molar-refractivity contribution in [3.05, 3.63) is 59.2 Å². The number of carboxylic acids is 1. The molecule has 37 heavy (non-hydrogen) atoms. The predicted octanol–water partition coefficient (Wildman–Crippen LogP) is 4.91. The minimum atomic E-state index is -3.84. The van der Waals surface area contributed by atoms with Gasteiger partial charge in [-0.1, -0.05) is 19.9 Å². The van der Waals surface area contributed by atoms with Crippen LogP contribution in [-0.2, 0) is 10.0 Å². The van der Waals surface area contributed by atoms with Gasteiger partial charge in [0.05, 0.1) is 16.0 Å². The van der Waals surface area contributed by atoms with E-state index in [1.165, 1.54) is 0 Å². The highest BCUT2D eigenvalue weighted by molar-refractivity contribution is 7.92. The number of carbonyl (C=O) groups is 1. The molecule has 1 fully saturated rings. The van der Waals surface area contributed by atoms with Crippen LogP contribution in [0.2, 0.25) is 0 Å². The molecular weight excluding hydrogens is 488 g/mol. The molecule has 0 saturated carbocycles. The van der Waals surface area contributed by atoms with Crippen molar-refractivity contribution in [2.24, 2.45) is 5.92 Å². The van der Waals surface area contributed by atoms with E-state index in [2.05, 4.69) is 35.3 Å². The minimum Gasteiger partial charge on any atom is -0.478 e. The van der Waals surface area contributed by atoms with Crippen molar-refractivity contribution < 1.29 is 18.3 Å². The maximum Gasteiger partial charge on any atom is 0.336 e. The summed E-state index contributed by atoms with van der Waals surface area (Å²) < 4.78 is 28.6. The summed E-state index contributed by atoms with van der Waals surface area (Å²) in [7, 11) is -3.84. The van der Waals surface area contributed by atoms with Crippen molar-refractivity contribution in [1.29, 1.82) is 0 Å². The molecule has 198 valence electrons. The number of carboxylic acid groups (broad SMARTS) is 1. The lowest BCUT2D eigenvalue weighted by molar-refractivity contribution is 0.0699. The SMILES string of the molecule is Cc1cc(C)cc(S(=O)(=O)Nc2ccc3nc(N4CCN([C@H](C)CC(C)C)CC4)cc(C(=O)O)c3c2)c1. The number of anilines is 2. The molecule has 0 aliphatic carbocycles. The Labute approximate surface area is 219 Å². The second-order valence-corrected chi connectivity index (χ2v) is 12.2. The molecule has 1 aliphatic rings. The Morgan fingerprint density at radius 3 is 2.24 bits per heavy atom. The van der Waals surface area contributed by atoms with Crippen LogP contribution < -0.4 is 9.62 Å². The molecule has 1 saturated heterocycles. The van der Waals surface area contributed by atoms with E-state index in [-0.39, 0.29) is 16.1 Å². The lowest BCUT2D eigenvalue weighted by Crippen LogP contribution is -2.50. The molecule has 0 spiro atoms. The van der Waals surface area contributed by atoms with Crippen molar-refractivity contribution in [3.63, 3.8) is 0 Å². The summed E-state index contributed by atoms with van der Waals surface area (Å²) in [5, 5.41) is 10.4. The van der Waals surface area contributed by atoms with Gasteiger partial charge in [0.1, 0.15) is 5.82 Å². The third-order valence-electron chi connectivity index (χ3n) is 6.86. The van der Waals surface area contributed by atoms with Gasteiger partial charge < -0.3 is 10.0 Å². The first-order valence-electron chi connectivity index (χ1n) is 12.7. The standard InChI is InChI=1S/C28H36N4O4S/c1-18(2)12-21(5)31-8-10-32(11-9-31)27-17-25(28(33)34)24-16-22(6-7-26(24)29-27)30-37(35,36)23-14-19(3)13-20(4)15-23/h6-7,13-18,21,30H,8-12H2,1-5H3,(H,33,34)/t21-/m1/s1. The fourth-order valence-corrected chi connectivity index (χ4v) is 6.38. The number of aromatic carboxylic acids is 1. The molecule has 1 aliphatic heterocycles. The normalized spacial score (nSPS) is 15.8. The van der Waals surface area contributed by atoms with Gasteiger partial charge >= 0.3 is 5.97 Å². The van der Waals surface area contributed by atoms with Gasteiger partial charge in [-0.15, -0.1) is 0 Å². The van der Waals surface area contributed by atoms with Crippen LogP contribution in [0, 0.1) is 19.8 Å². The number of hydrogen-bond donors (Lipinski definition) is 2. The monoisotopic (exact) mass is 524 g/mol. The van der Waals surface area contributed by atoms with E-state index in [0.717, 1.165) is 43.7 Å². The molecule has 2 aromatic carbocycles. The molecule has 0 unspecified atom stereocenters. The Bertz CT molecular complexity index is 1390. The second kappa shape index (κ2) is 10.7. The fraction of sp³-hybridized carbons (Fsp3) is 0.429. The summed E-state index contributed by atoms with van der Waals surface area (Å²) in [5.74, 6) is 0.195. The smallest absolute Gasteiger partial charge is 0.336 e. The van der Waals surface area contributed by atoms with Crippen LogP contribution in [-0.4, -0.2) is 61.6 Å². The van der Waals surface area contributed by atoms with Gasteiger partial charge in [-0.3, -0.25) is 9.62 Å². The molecule has 0 radical (unpaired) electrons. The van der Waals surface area contributed by atoms with E-state index in [9.17, 15) is 18.3 Å². The van der Waals surface area contributed by atoms with Gasteiger partial charge in [0, 0.05) is 43.3 Å². The highest BCUT2D eigenvalue weighted by atomic mass is 32.2. The van der Waals surface area contributed by atoms with Crippen molar-refractivity contribution >= 4 is 38.4 Å². The van der Waals surface area contributed by atoms with Crippen LogP contribution in [0.4, 0.5) is 11.5 Å². The summed E-state index contributed by atoms with van der Waals surface area (Å²) in [4.78, 5) is 21.7. The Morgan fingerprint density at radius 1 is 1.00 bits per heavy atom. The molecule has 9 heteroatoms. The van der Waals surface area contributed by atoms with E-state index in [0.29, 0.717) is 28.7 Å². The Kier molecular flexibility index (Phi) is 7.75. The predicted molar refractivity (Wildman–Crippen MR) is 148 cm³/mol. The summed E-state index contributed by atoms with van der Waals surface area (Å²) in [6.45, 7) is 13.8. The molecule has 1 aromatic heterocycles. The number of aromatic nitrogens is 1. The van der Waals surface area contributed by atoms with E-state index >= 15 is 0 Å². The molecular formula is C28H36N4O4S. The number of sulfonamides is 1. The number of rotatable bonds is 8. The third-order valence-corrected chi connectivity index (χ3v) is 8.22. The van der Waals surface area contributed by atoms with Gasteiger partial charge in [0.15, 0.2) is 0 Å². The lowest BCUT2D eigenvalue weighted by atomic mass is 10.0. The lowest BCUT2D eigenvalue weighted by Gasteiger charge is -2.39. The number of piperazine rings is 1. The van der Waals surface area contributed by atoms with Gasteiger partial charge in [-0.2, -0.15) is 0 Å². The highest BCUT2D eigenvalue weighted by Gasteiger charge is 2.24. The summed E-state index contributed by atoms with van der Waals surface area (Å²) >= 11 is 0. The van der Waals surface area contributed by atoms with E-state index in [1.807, 2.05) is 19.9 Å². The Morgan fingerprint density at radius 2 is 1.65 bits per heavy atom. The first-order chi connectivity index (χ1) is 17.4. The first-order valence-corrected chi connectivity index (χ1v) is 14.2. The molecule has 1 atom stereocenters. The minimum absolute atomic E-state index is 0.100. The number of hydrogen-bond acceptors (Lipinski definition) is 6. The second-order valence-electron chi connectivity index (χ2n) is 10.5. The number of nitrogens with zero attached hydrogens (tertiary/aromatic N) is 3. The molecule has 2 N–H and O–H groups in total. The van der Waals surface area contributed by atoms with Crippen LogP contribution in [0.1, 0.15) is 48.7 Å². The average Bonchev–Trinajstić information content (AvgIpc) is 2.82. The fourth-order valence-electron chi connectivity index (χ4n) is 5.14. The molecule has 8 nitrogen and oxygen atoms in total. The molecule has 3 aromatic rings. The summed E-state index contributed by atoms with van der Waals surface area (Å²) in [6, 6.07) is 12.1. The molecule has 2 heterocycles. The van der Waals surface area contributed by atoms with Crippen LogP contribution in [0.5, 0.6) is 0 Å². The maximum atomic E-state index is 13.0. The van der Waals surface area contributed by atoms with Gasteiger partial charge in [-0.05, 0) is 80.6 Å². The zero-order chi connectivity index (χ0) is 26.9.